The highest BCUT2D eigenvalue weighted by Gasteiger charge is 2.48. The van der Waals surface area contributed by atoms with Crippen LogP contribution in [-0.4, -0.2) is 177 Å². The monoisotopic (exact) mass is 843 g/mol. The van der Waals surface area contributed by atoms with E-state index in [-0.39, 0.29) is 22.3 Å². The second-order valence-corrected chi connectivity index (χ2v) is 13.3. The van der Waals surface area contributed by atoms with Gasteiger partial charge in [-0.2, -0.15) is 0 Å². The minimum Gasteiger partial charge on any atom is -0.507 e. The van der Waals surface area contributed by atoms with Gasteiger partial charge in [0.15, 0.2) is 23.7 Å². The molecular formula is C35H39O24+. The smallest absolute Gasteiger partial charge is 0.402 e. The molecule has 3 aromatic rings. The number of carboxylic acid groups (broad SMARTS) is 2. The molecule has 5 rings (SSSR count). The summed E-state index contributed by atoms with van der Waals surface area (Å²) in [5, 5.41) is 132. The quantitative estimate of drug-likeness (QED) is 0.0403. The van der Waals surface area contributed by atoms with E-state index in [1.54, 1.807) is 0 Å². The van der Waals surface area contributed by atoms with E-state index in [1.807, 2.05) is 0 Å². The van der Waals surface area contributed by atoms with E-state index < -0.39 is 152 Å². The maximum Gasteiger partial charge on any atom is 0.402 e. The first-order valence-electron chi connectivity index (χ1n) is 17.3. The van der Waals surface area contributed by atoms with Gasteiger partial charge in [0.1, 0.15) is 78.9 Å². The number of phenolic OH excluding ortho intramolecular Hbond substituents is 3. The van der Waals surface area contributed by atoms with Crippen molar-refractivity contribution in [1.82, 2.24) is 0 Å². The van der Waals surface area contributed by atoms with Crippen LogP contribution in [-0.2, 0) is 38.1 Å². The van der Waals surface area contributed by atoms with E-state index in [0.717, 1.165) is 30.3 Å². The van der Waals surface area contributed by atoms with Crippen LogP contribution in [0.3, 0.4) is 0 Å². The Kier molecular flexibility index (Phi) is 13.9. The topological polar surface area (TPSA) is 398 Å². The molecule has 3 heterocycles. The highest BCUT2D eigenvalue weighted by Crippen LogP contribution is 2.43. The number of hydrogen-bond acceptors (Lipinski definition) is 21. The third-order valence-corrected chi connectivity index (χ3v) is 8.92. The SMILES string of the molecule is O=C(O)CC(O)C(=O)OC[C@H]1O[C@@H](Oc2cc3c(O[C@@H]4O[C@H](COC(=O)C(O)CC(=O)O)[C@@H](O)[C@H](O)[C@H]4O)cc(O)cc3[o+]c2-c2ccc(O)c(O)c2)[C@H](O)[C@@H](O)[C@@H]1O. The number of carbonyl (C=O) groups is 4. The number of benzene rings is 2. The highest BCUT2D eigenvalue weighted by atomic mass is 16.7. The van der Waals surface area contributed by atoms with Gasteiger partial charge in [0.05, 0.1) is 24.5 Å². The zero-order valence-electron chi connectivity index (χ0n) is 30.0. The fourth-order valence-electron chi connectivity index (χ4n) is 5.79. The van der Waals surface area contributed by atoms with Crippen LogP contribution in [0.15, 0.2) is 40.8 Å². The third-order valence-electron chi connectivity index (χ3n) is 8.92. The van der Waals surface area contributed by atoms with E-state index in [1.165, 1.54) is 6.07 Å². The molecule has 59 heavy (non-hydrogen) atoms. The van der Waals surface area contributed by atoms with Crippen LogP contribution in [0.25, 0.3) is 22.3 Å². The lowest BCUT2D eigenvalue weighted by molar-refractivity contribution is -0.279. The van der Waals surface area contributed by atoms with Crippen LogP contribution < -0.4 is 9.47 Å². The van der Waals surface area contributed by atoms with Crippen molar-refractivity contribution in [2.45, 2.75) is 86.5 Å². The molecule has 0 bridgehead atoms. The maximum absolute atomic E-state index is 12.1. The van der Waals surface area contributed by atoms with Gasteiger partial charge in [-0.25, -0.2) is 14.0 Å². The summed E-state index contributed by atoms with van der Waals surface area (Å²) in [6.07, 6.45) is -25.5. The van der Waals surface area contributed by atoms with E-state index in [2.05, 4.69) is 0 Å². The molecule has 13 N–H and O–H groups in total. The summed E-state index contributed by atoms with van der Waals surface area (Å²) in [4.78, 5) is 45.9. The summed E-state index contributed by atoms with van der Waals surface area (Å²) in [6, 6.07) is 6.46. The summed E-state index contributed by atoms with van der Waals surface area (Å²) >= 11 is 0. The van der Waals surface area contributed by atoms with Crippen LogP contribution in [0.4, 0.5) is 0 Å². The molecule has 0 saturated carbocycles. The number of aliphatic carboxylic acids is 2. The lowest BCUT2D eigenvalue weighted by atomic mass is 9.99. The van der Waals surface area contributed by atoms with Gasteiger partial charge in [-0.15, -0.1) is 0 Å². The molecule has 12 atom stereocenters. The summed E-state index contributed by atoms with van der Waals surface area (Å²) in [6.45, 7) is -1.78. The number of aromatic hydroxyl groups is 3. The Balaban J connectivity index is 1.48. The maximum atomic E-state index is 12.1. The van der Waals surface area contributed by atoms with Gasteiger partial charge in [0.25, 0.3) is 0 Å². The fraction of sp³-hybridized carbons (Fsp3) is 0.457. The number of carbonyl (C=O) groups excluding carboxylic acids is 2. The normalized spacial score (nSPS) is 27.9. The average Bonchev–Trinajstić information content (AvgIpc) is 3.17. The first kappa shape index (κ1) is 44.4. The third kappa shape index (κ3) is 10.3. The molecule has 2 saturated heterocycles. The minimum atomic E-state index is -2.10. The van der Waals surface area contributed by atoms with Crippen molar-refractivity contribution < 1.29 is 118 Å². The van der Waals surface area contributed by atoms with Gasteiger partial charge in [-0.1, -0.05) is 0 Å². The molecule has 0 aliphatic carbocycles. The molecule has 0 amide bonds. The standard InChI is InChI=1S/C35H38O24/c36-12-4-18-13(19(5-12)56-34-29(49)27(47)25(45)21(58-34)9-53-32(51)16(39)7-23(41)42)6-20(31(55-18)11-1-2-14(37)15(38)3-11)57-35-30(50)28(48)26(46)22(59-35)10-54-33(52)17(40)8-24(43)44/h1-6,16-17,21-22,25-30,34-35,39-40,45-50H,7-10H2,(H4-,36,37,38,41,42,43,44)/p+1/t16?,17?,21-,22-,25-,26-,27+,28+,29-,30-,34-,35-/m1/s1. The van der Waals surface area contributed by atoms with Crippen LogP contribution in [0.5, 0.6) is 28.7 Å². The van der Waals surface area contributed by atoms with E-state index in [4.69, 9.17) is 43.1 Å². The first-order chi connectivity index (χ1) is 27.7. The fourth-order valence-corrected chi connectivity index (χ4v) is 5.79. The van der Waals surface area contributed by atoms with Crippen LogP contribution in [0, 0.1) is 0 Å². The number of phenols is 3. The Morgan fingerprint density at radius 1 is 0.627 bits per heavy atom. The minimum absolute atomic E-state index is 0.0270. The number of aliphatic hydroxyl groups excluding tert-OH is 8. The predicted octanol–water partition coefficient (Wildman–Crippen LogP) is -3.37. The Morgan fingerprint density at radius 2 is 1.12 bits per heavy atom. The Bertz CT molecular complexity index is 2020. The molecule has 322 valence electrons. The average molecular weight is 844 g/mol. The van der Waals surface area contributed by atoms with Crippen molar-refractivity contribution in [2.75, 3.05) is 13.2 Å². The van der Waals surface area contributed by atoms with E-state index in [9.17, 15) is 75.3 Å². The van der Waals surface area contributed by atoms with Crippen molar-refractivity contribution >= 4 is 34.8 Å². The van der Waals surface area contributed by atoms with Crippen molar-refractivity contribution in [3.8, 4) is 40.1 Å². The molecule has 2 unspecified atom stereocenters. The van der Waals surface area contributed by atoms with Gasteiger partial charge in [0, 0.05) is 18.2 Å². The predicted molar refractivity (Wildman–Crippen MR) is 184 cm³/mol. The number of aliphatic hydroxyl groups is 8. The van der Waals surface area contributed by atoms with Gasteiger partial charge in [-0.3, -0.25) is 9.59 Å². The van der Waals surface area contributed by atoms with Gasteiger partial charge in [-0.05, 0) is 12.1 Å². The molecule has 1 aromatic heterocycles. The van der Waals surface area contributed by atoms with Gasteiger partial charge in [0.2, 0.25) is 18.3 Å². The van der Waals surface area contributed by atoms with Crippen molar-refractivity contribution in [3.05, 3.63) is 36.4 Å². The Labute approximate surface area is 329 Å². The highest BCUT2D eigenvalue weighted by molar-refractivity contribution is 5.89. The number of fused-ring (bicyclic) bond motifs is 1. The molecule has 2 fully saturated rings. The molecule has 0 radical (unpaired) electrons. The van der Waals surface area contributed by atoms with Gasteiger partial charge >= 0.3 is 35.2 Å². The molecule has 2 aromatic carbocycles. The number of carboxylic acids is 2. The molecule has 24 heteroatoms. The largest absolute Gasteiger partial charge is 0.507 e. The van der Waals surface area contributed by atoms with Gasteiger partial charge < -0.3 is 94.8 Å². The van der Waals surface area contributed by atoms with Crippen molar-refractivity contribution in [1.29, 1.82) is 0 Å². The molecule has 24 nitrogen and oxygen atoms in total. The van der Waals surface area contributed by atoms with Crippen LogP contribution in [0.2, 0.25) is 0 Å². The van der Waals surface area contributed by atoms with E-state index in [0.29, 0.717) is 0 Å². The van der Waals surface area contributed by atoms with Crippen LogP contribution >= 0.6 is 0 Å². The first-order valence-corrected chi connectivity index (χ1v) is 17.3. The number of hydrogen-bond donors (Lipinski definition) is 13. The van der Waals surface area contributed by atoms with Crippen molar-refractivity contribution in [3.63, 3.8) is 0 Å². The molecular weight excluding hydrogens is 804 g/mol. The number of ether oxygens (including phenoxy) is 6. The molecule has 0 spiro atoms. The zero-order chi connectivity index (χ0) is 43.5. The summed E-state index contributed by atoms with van der Waals surface area (Å²) < 4.78 is 38.5. The van der Waals surface area contributed by atoms with Crippen LogP contribution in [0.1, 0.15) is 12.8 Å². The number of rotatable bonds is 15. The summed E-state index contributed by atoms with van der Waals surface area (Å²) in [5.74, 6) is -8.78. The lowest BCUT2D eigenvalue weighted by Gasteiger charge is -2.40. The second kappa shape index (κ2) is 18.5. The van der Waals surface area contributed by atoms with Crippen molar-refractivity contribution in [2.24, 2.45) is 0 Å². The second-order valence-electron chi connectivity index (χ2n) is 13.3. The summed E-state index contributed by atoms with van der Waals surface area (Å²) in [7, 11) is 0. The number of esters is 2. The molecule has 2 aliphatic rings. The molecule has 2 aliphatic heterocycles. The van der Waals surface area contributed by atoms with E-state index >= 15 is 0 Å². The Hall–Kier alpha value is -5.67. The Morgan fingerprint density at radius 3 is 1.59 bits per heavy atom. The zero-order valence-corrected chi connectivity index (χ0v) is 30.0. The summed E-state index contributed by atoms with van der Waals surface area (Å²) in [5.41, 5.74) is -0.259. The lowest BCUT2D eigenvalue weighted by Crippen LogP contribution is -2.60.